The third-order valence-electron chi connectivity index (χ3n) is 6.12. The number of benzene rings is 2. The Balaban J connectivity index is 0.00000240. The average molecular weight is 421 g/mol. The smallest absolute Gasteiger partial charge is 0.161 e. The molecule has 29 heavy (non-hydrogen) atoms. The van der Waals surface area contributed by atoms with E-state index in [1.165, 1.54) is 50.0 Å². The quantitative estimate of drug-likeness (QED) is 0.750. The Kier molecular flexibility index (Phi) is 7.38. The molecule has 158 valence electrons. The Labute approximate surface area is 178 Å². The lowest BCUT2D eigenvalue weighted by Crippen LogP contribution is -2.38. The molecule has 2 fully saturated rings. The molecule has 2 heterocycles. The SMILES string of the molecule is COc1cc(CN2CCC3(CCNCC3)C2)ccc1OCc1ccc(F)cc1.Cl. The van der Waals surface area contributed by atoms with Gasteiger partial charge in [0, 0.05) is 13.1 Å². The van der Waals surface area contributed by atoms with E-state index in [9.17, 15) is 4.39 Å². The van der Waals surface area contributed by atoms with Crippen LogP contribution in [0.1, 0.15) is 30.4 Å². The number of ether oxygens (including phenoxy) is 2. The predicted molar refractivity (Wildman–Crippen MR) is 115 cm³/mol. The van der Waals surface area contributed by atoms with Crippen molar-refractivity contribution in [3.05, 3.63) is 59.4 Å². The number of halogens is 2. The van der Waals surface area contributed by atoms with Crippen molar-refractivity contribution in [2.45, 2.75) is 32.4 Å². The van der Waals surface area contributed by atoms with E-state index in [4.69, 9.17) is 9.47 Å². The molecule has 2 aliphatic rings. The van der Waals surface area contributed by atoms with Gasteiger partial charge in [0.2, 0.25) is 0 Å². The van der Waals surface area contributed by atoms with Gasteiger partial charge in [-0.1, -0.05) is 18.2 Å². The molecule has 0 aromatic heterocycles. The first-order valence-electron chi connectivity index (χ1n) is 10.1. The first-order chi connectivity index (χ1) is 13.7. The minimum atomic E-state index is -0.237. The number of rotatable bonds is 6. The highest BCUT2D eigenvalue weighted by Gasteiger charge is 2.38. The average Bonchev–Trinajstić information content (AvgIpc) is 3.10. The van der Waals surface area contributed by atoms with Gasteiger partial charge in [0.05, 0.1) is 7.11 Å². The molecule has 0 amide bonds. The van der Waals surface area contributed by atoms with E-state index in [-0.39, 0.29) is 18.2 Å². The molecule has 1 N–H and O–H groups in total. The van der Waals surface area contributed by atoms with Gasteiger partial charge in [0.15, 0.2) is 11.5 Å². The van der Waals surface area contributed by atoms with Crippen LogP contribution in [0, 0.1) is 11.2 Å². The van der Waals surface area contributed by atoms with E-state index in [1.807, 2.05) is 6.07 Å². The van der Waals surface area contributed by atoms with Crippen molar-refractivity contribution in [2.24, 2.45) is 5.41 Å². The molecule has 4 nitrogen and oxygen atoms in total. The summed E-state index contributed by atoms with van der Waals surface area (Å²) in [5.41, 5.74) is 2.70. The van der Waals surface area contributed by atoms with Crippen LogP contribution in [0.2, 0.25) is 0 Å². The summed E-state index contributed by atoms with van der Waals surface area (Å²) in [6, 6.07) is 12.5. The number of likely N-dealkylation sites (tertiary alicyclic amines) is 1. The van der Waals surface area contributed by atoms with Gasteiger partial charge in [-0.05, 0) is 79.7 Å². The summed E-state index contributed by atoms with van der Waals surface area (Å²) in [6.45, 7) is 6.01. The number of hydrogen-bond acceptors (Lipinski definition) is 4. The number of piperidine rings is 1. The van der Waals surface area contributed by atoms with E-state index >= 15 is 0 Å². The number of nitrogens with one attached hydrogen (secondary N) is 1. The zero-order chi connectivity index (χ0) is 19.4. The summed E-state index contributed by atoms with van der Waals surface area (Å²) in [4.78, 5) is 2.57. The third-order valence-corrected chi connectivity index (χ3v) is 6.12. The van der Waals surface area contributed by atoms with Crippen LogP contribution in [0.3, 0.4) is 0 Å². The van der Waals surface area contributed by atoms with Crippen molar-refractivity contribution in [2.75, 3.05) is 33.3 Å². The Morgan fingerprint density at radius 3 is 2.45 bits per heavy atom. The van der Waals surface area contributed by atoms with Crippen LogP contribution in [0.15, 0.2) is 42.5 Å². The summed E-state index contributed by atoms with van der Waals surface area (Å²) in [6.07, 6.45) is 3.90. The molecule has 2 aromatic carbocycles. The second-order valence-electron chi connectivity index (χ2n) is 8.11. The molecule has 4 rings (SSSR count). The first-order valence-corrected chi connectivity index (χ1v) is 10.1. The van der Waals surface area contributed by atoms with Crippen LogP contribution < -0.4 is 14.8 Å². The zero-order valence-electron chi connectivity index (χ0n) is 17.0. The summed E-state index contributed by atoms with van der Waals surface area (Å²) >= 11 is 0. The topological polar surface area (TPSA) is 33.7 Å². The molecule has 2 saturated heterocycles. The summed E-state index contributed by atoms with van der Waals surface area (Å²) in [5, 5.41) is 3.48. The van der Waals surface area contributed by atoms with E-state index < -0.39 is 0 Å². The maximum Gasteiger partial charge on any atom is 0.161 e. The highest BCUT2D eigenvalue weighted by atomic mass is 35.5. The fourth-order valence-electron chi connectivity index (χ4n) is 4.46. The van der Waals surface area contributed by atoms with Crippen molar-refractivity contribution in [3.63, 3.8) is 0 Å². The fourth-order valence-corrected chi connectivity index (χ4v) is 4.46. The minimum absolute atomic E-state index is 0. The minimum Gasteiger partial charge on any atom is -0.493 e. The molecule has 0 unspecified atom stereocenters. The van der Waals surface area contributed by atoms with Crippen molar-refractivity contribution in [3.8, 4) is 11.5 Å². The molecular formula is C23H30ClFN2O2. The normalized spacial score (nSPS) is 18.4. The molecular weight excluding hydrogens is 391 g/mol. The second kappa shape index (κ2) is 9.79. The van der Waals surface area contributed by atoms with Gasteiger partial charge in [-0.2, -0.15) is 0 Å². The number of methoxy groups -OCH3 is 1. The van der Waals surface area contributed by atoms with E-state index in [2.05, 4.69) is 22.3 Å². The standard InChI is InChI=1S/C23H29FN2O2.ClH/c1-27-22-14-19(15-26-13-10-23(17-26)8-11-25-12-9-23)4-7-21(22)28-16-18-2-5-20(24)6-3-18;/h2-7,14,25H,8-13,15-17H2,1H3;1H. The second-order valence-corrected chi connectivity index (χ2v) is 8.11. The van der Waals surface area contributed by atoms with Crippen molar-refractivity contribution >= 4 is 12.4 Å². The summed E-state index contributed by atoms with van der Waals surface area (Å²) in [5.74, 6) is 1.22. The fraction of sp³-hybridized carbons (Fsp3) is 0.478. The Hall–Kier alpha value is -1.82. The van der Waals surface area contributed by atoms with Gasteiger partial charge in [-0.15, -0.1) is 12.4 Å². The predicted octanol–water partition coefficient (Wildman–Crippen LogP) is 4.41. The Morgan fingerprint density at radius 2 is 1.72 bits per heavy atom. The third kappa shape index (κ3) is 5.41. The lowest BCUT2D eigenvalue weighted by Gasteiger charge is -2.34. The lowest BCUT2D eigenvalue weighted by molar-refractivity contribution is 0.194. The van der Waals surface area contributed by atoms with E-state index in [0.29, 0.717) is 17.8 Å². The molecule has 0 bridgehead atoms. The van der Waals surface area contributed by atoms with Crippen molar-refractivity contribution in [1.82, 2.24) is 10.2 Å². The van der Waals surface area contributed by atoms with Crippen LogP contribution in [0.25, 0.3) is 0 Å². The molecule has 0 aliphatic carbocycles. The number of hydrogen-bond donors (Lipinski definition) is 1. The van der Waals surface area contributed by atoms with Gasteiger partial charge < -0.3 is 14.8 Å². The molecule has 1 spiro atoms. The molecule has 2 aromatic rings. The van der Waals surface area contributed by atoms with Crippen LogP contribution in [0.4, 0.5) is 4.39 Å². The maximum absolute atomic E-state index is 13.0. The van der Waals surface area contributed by atoms with Gasteiger partial charge in [0.25, 0.3) is 0 Å². The maximum atomic E-state index is 13.0. The highest BCUT2D eigenvalue weighted by Crippen LogP contribution is 2.39. The van der Waals surface area contributed by atoms with Crippen molar-refractivity contribution in [1.29, 1.82) is 0 Å². The van der Waals surface area contributed by atoms with Crippen LogP contribution >= 0.6 is 12.4 Å². The highest BCUT2D eigenvalue weighted by molar-refractivity contribution is 5.85. The van der Waals surface area contributed by atoms with E-state index in [0.717, 1.165) is 30.9 Å². The van der Waals surface area contributed by atoms with Gasteiger partial charge in [0.1, 0.15) is 12.4 Å². The van der Waals surface area contributed by atoms with Crippen LogP contribution in [-0.2, 0) is 13.2 Å². The van der Waals surface area contributed by atoms with Gasteiger partial charge in [-0.3, -0.25) is 4.90 Å². The zero-order valence-corrected chi connectivity index (χ0v) is 17.8. The van der Waals surface area contributed by atoms with Crippen LogP contribution in [0.5, 0.6) is 11.5 Å². The molecule has 6 heteroatoms. The molecule has 0 atom stereocenters. The summed E-state index contributed by atoms with van der Waals surface area (Å²) < 4.78 is 24.5. The Bertz CT molecular complexity index is 794. The van der Waals surface area contributed by atoms with Gasteiger partial charge >= 0.3 is 0 Å². The molecule has 0 radical (unpaired) electrons. The van der Waals surface area contributed by atoms with Crippen LogP contribution in [-0.4, -0.2) is 38.2 Å². The van der Waals surface area contributed by atoms with E-state index in [1.54, 1.807) is 19.2 Å². The van der Waals surface area contributed by atoms with Gasteiger partial charge in [-0.25, -0.2) is 4.39 Å². The van der Waals surface area contributed by atoms with Crippen molar-refractivity contribution < 1.29 is 13.9 Å². The monoisotopic (exact) mass is 420 g/mol. The first kappa shape index (κ1) is 21.9. The molecule has 0 saturated carbocycles. The molecule has 2 aliphatic heterocycles. The number of nitrogens with zero attached hydrogens (tertiary/aromatic N) is 1. The lowest BCUT2D eigenvalue weighted by atomic mass is 9.78. The largest absolute Gasteiger partial charge is 0.493 e. The summed E-state index contributed by atoms with van der Waals surface area (Å²) in [7, 11) is 1.67. The Morgan fingerprint density at radius 1 is 1.00 bits per heavy atom.